The lowest BCUT2D eigenvalue weighted by Gasteiger charge is -2.05. The third kappa shape index (κ3) is 4.42. The van der Waals surface area contributed by atoms with E-state index in [4.69, 9.17) is 5.11 Å². The highest BCUT2D eigenvalue weighted by Crippen LogP contribution is 2.14. The van der Waals surface area contributed by atoms with Gasteiger partial charge in [0, 0.05) is 28.4 Å². The SMILES string of the molecule is Cc1cccnc1C(=O)NCc1cc(C#CCCO)cs1. The smallest absolute Gasteiger partial charge is 0.270 e. The minimum absolute atomic E-state index is 0.0729. The molecule has 2 aromatic heterocycles. The van der Waals surface area contributed by atoms with Gasteiger partial charge in [-0.15, -0.1) is 11.3 Å². The average Bonchev–Trinajstić information content (AvgIpc) is 2.93. The summed E-state index contributed by atoms with van der Waals surface area (Å²) in [7, 11) is 0. The first-order chi connectivity index (χ1) is 10.2. The van der Waals surface area contributed by atoms with E-state index in [0.29, 0.717) is 18.7 Å². The number of aliphatic hydroxyl groups is 1. The zero-order valence-corrected chi connectivity index (χ0v) is 12.5. The van der Waals surface area contributed by atoms with Gasteiger partial charge in [-0.2, -0.15) is 0 Å². The van der Waals surface area contributed by atoms with Crippen LogP contribution in [0.3, 0.4) is 0 Å². The maximum atomic E-state index is 12.0. The molecule has 0 saturated heterocycles. The summed E-state index contributed by atoms with van der Waals surface area (Å²) in [5.41, 5.74) is 2.22. The summed E-state index contributed by atoms with van der Waals surface area (Å²) in [6.07, 6.45) is 2.09. The second-order valence-electron chi connectivity index (χ2n) is 4.43. The molecule has 108 valence electrons. The molecule has 0 aliphatic rings. The van der Waals surface area contributed by atoms with Gasteiger partial charge in [0.05, 0.1) is 13.2 Å². The van der Waals surface area contributed by atoms with Crippen molar-refractivity contribution < 1.29 is 9.90 Å². The number of amides is 1. The molecular formula is C16H16N2O2S. The number of aliphatic hydroxyl groups excluding tert-OH is 1. The maximum Gasteiger partial charge on any atom is 0.270 e. The van der Waals surface area contributed by atoms with E-state index in [0.717, 1.165) is 16.0 Å². The second-order valence-corrected chi connectivity index (χ2v) is 5.42. The molecule has 0 aliphatic carbocycles. The fourth-order valence-electron chi connectivity index (χ4n) is 1.73. The summed E-state index contributed by atoms with van der Waals surface area (Å²) in [5, 5.41) is 13.5. The first-order valence-corrected chi connectivity index (χ1v) is 7.45. The largest absolute Gasteiger partial charge is 0.395 e. The van der Waals surface area contributed by atoms with Crippen molar-refractivity contribution in [2.24, 2.45) is 0 Å². The Morgan fingerprint density at radius 2 is 2.38 bits per heavy atom. The fourth-order valence-corrected chi connectivity index (χ4v) is 2.49. The molecule has 0 aromatic carbocycles. The summed E-state index contributed by atoms with van der Waals surface area (Å²) < 4.78 is 0. The molecule has 2 rings (SSSR count). The number of hydrogen-bond donors (Lipinski definition) is 2. The molecule has 0 aliphatic heterocycles. The van der Waals surface area contributed by atoms with Crippen LogP contribution in [0.5, 0.6) is 0 Å². The quantitative estimate of drug-likeness (QED) is 0.850. The lowest BCUT2D eigenvalue weighted by Crippen LogP contribution is -2.24. The number of carbonyl (C=O) groups is 1. The van der Waals surface area contributed by atoms with Crippen LogP contribution in [0.1, 0.15) is 32.9 Å². The van der Waals surface area contributed by atoms with Crippen molar-refractivity contribution >= 4 is 17.2 Å². The molecule has 1 amide bonds. The Labute approximate surface area is 127 Å². The second kappa shape index (κ2) is 7.58. The lowest BCUT2D eigenvalue weighted by atomic mass is 10.2. The molecule has 0 spiro atoms. The molecule has 2 aromatic rings. The van der Waals surface area contributed by atoms with Crippen LogP contribution in [0.2, 0.25) is 0 Å². The Hall–Kier alpha value is -2.16. The van der Waals surface area contributed by atoms with Crippen molar-refractivity contribution in [2.75, 3.05) is 6.61 Å². The number of aryl methyl sites for hydroxylation is 1. The van der Waals surface area contributed by atoms with Crippen LogP contribution in [0.15, 0.2) is 29.8 Å². The number of hydrogen-bond acceptors (Lipinski definition) is 4. The molecule has 0 atom stereocenters. The van der Waals surface area contributed by atoms with E-state index in [1.54, 1.807) is 17.5 Å². The monoisotopic (exact) mass is 300 g/mol. The minimum atomic E-state index is -0.172. The first kappa shape index (κ1) is 15.2. The molecule has 0 bridgehead atoms. The van der Waals surface area contributed by atoms with Crippen molar-refractivity contribution in [1.82, 2.24) is 10.3 Å². The van der Waals surface area contributed by atoms with Crippen molar-refractivity contribution in [3.05, 3.63) is 51.5 Å². The van der Waals surface area contributed by atoms with Crippen molar-refractivity contribution in [2.45, 2.75) is 19.9 Å². The number of carbonyl (C=O) groups excluding carboxylic acids is 1. The van der Waals surface area contributed by atoms with Crippen LogP contribution in [-0.2, 0) is 6.54 Å². The highest BCUT2D eigenvalue weighted by atomic mass is 32.1. The molecular weight excluding hydrogens is 284 g/mol. The van der Waals surface area contributed by atoms with Crippen LogP contribution in [-0.4, -0.2) is 22.6 Å². The predicted molar refractivity (Wildman–Crippen MR) is 83.0 cm³/mol. The predicted octanol–water partition coefficient (Wildman–Crippen LogP) is 2.12. The third-order valence-corrected chi connectivity index (χ3v) is 3.71. The Kier molecular flexibility index (Phi) is 5.50. The van der Waals surface area contributed by atoms with Crippen molar-refractivity contribution in [3.63, 3.8) is 0 Å². The van der Waals surface area contributed by atoms with E-state index in [2.05, 4.69) is 22.1 Å². The van der Waals surface area contributed by atoms with Crippen LogP contribution < -0.4 is 5.32 Å². The van der Waals surface area contributed by atoms with Gasteiger partial charge in [-0.1, -0.05) is 17.9 Å². The van der Waals surface area contributed by atoms with Crippen LogP contribution >= 0.6 is 11.3 Å². The van der Waals surface area contributed by atoms with E-state index in [1.165, 1.54) is 0 Å². The average molecular weight is 300 g/mol. The van der Waals surface area contributed by atoms with E-state index in [1.807, 2.05) is 30.5 Å². The van der Waals surface area contributed by atoms with Crippen LogP contribution in [0, 0.1) is 18.8 Å². The third-order valence-electron chi connectivity index (χ3n) is 2.77. The van der Waals surface area contributed by atoms with Gasteiger partial charge in [-0.3, -0.25) is 9.78 Å². The minimum Gasteiger partial charge on any atom is -0.395 e. The van der Waals surface area contributed by atoms with Crippen LogP contribution in [0.4, 0.5) is 0 Å². The highest BCUT2D eigenvalue weighted by molar-refractivity contribution is 7.10. The topological polar surface area (TPSA) is 62.2 Å². The van der Waals surface area contributed by atoms with Gasteiger partial charge >= 0.3 is 0 Å². The number of nitrogens with zero attached hydrogens (tertiary/aromatic N) is 1. The molecule has 2 N–H and O–H groups in total. The highest BCUT2D eigenvalue weighted by Gasteiger charge is 2.09. The lowest BCUT2D eigenvalue weighted by molar-refractivity contribution is 0.0945. The normalized spacial score (nSPS) is 9.81. The van der Waals surface area contributed by atoms with Crippen molar-refractivity contribution in [3.8, 4) is 11.8 Å². The molecule has 5 heteroatoms. The van der Waals surface area contributed by atoms with Gasteiger partial charge in [-0.05, 0) is 24.6 Å². The van der Waals surface area contributed by atoms with Gasteiger partial charge in [-0.25, -0.2) is 0 Å². The van der Waals surface area contributed by atoms with Crippen molar-refractivity contribution in [1.29, 1.82) is 0 Å². The van der Waals surface area contributed by atoms with E-state index in [-0.39, 0.29) is 12.5 Å². The summed E-state index contributed by atoms with van der Waals surface area (Å²) in [5.74, 6) is 5.67. The number of nitrogens with one attached hydrogen (secondary N) is 1. The molecule has 0 saturated carbocycles. The Morgan fingerprint density at radius 1 is 1.52 bits per heavy atom. The van der Waals surface area contributed by atoms with E-state index in [9.17, 15) is 4.79 Å². The first-order valence-electron chi connectivity index (χ1n) is 6.57. The summed E-state index contributed by atoms with van der Waals surface area (Å²) >= 11 is 1.55. The number of thiophene rings is 1. The standard InChI is InChI=1S/C16H16N2O2S/c1-12-5-4-7-17-15(12)16(20)18-10-14-9-13(11-21-14)6-2-3-8-19/h4-5,7,9,11,19H,3,8,10H2,1H3,(H,18,20). The number of pyridine rings is 1. The Balaban J connectivity index is 1.93. The van der Waals surface area contributed by atoms with Gasteiger partial charge < -0.3 is 10.4 Å². The maximum absolute atomic E-state index is 12.0. The Morgan fingerprint density at radius 3 is 3.14 bits per heavy atom. The Bertz CT molecular complexity index is 683. The molecule has 0 radical (unpaired) electrons. The zero-order chi connectivity index (χ0) is 15.1. The summed E-state index contributed by atoms with van der Waals surface area (Å²) in [6, 6.07) is 5.62. The summed E-state index contributed by atoms with van der Waals surface area (Å²) in [4.78, 5) is 17.2. The van der Waals surface area contributed by atoms with Gasteiger partial charge in [0.15, 0.2) is 0 Å². The molecule has 2 heterocycles. The number of rotatable bonds is 4. The summed E-state index contributed by atoms with van der Waals surface area (Å²) in [6.45, 7) is 2.40. The van der Waals surface area contributed by atoms with Crippen LogP contribution in [0.25, 0.3) is 0 Å². The van der Waals surface area contributed by atoms with E-state index >= 15 is 0 Å². The molecule has 21 heavy (non-hydrogen) atoms. The van der Waals surface area contributed by atoms with E-state index < -0.39 is 0 Å². The van der Waals surface area contributed by atoms with Gasteiger partial charge in [0.2, 0.25) is 0 Å². The molecule has 0 fully saturated rings. The van der Waals surface area contributed by atoms with Gasteiger partial charge in [0.25, 0.3) is 5.91 Å². The fraction of sp³-hybridized carbons (Fsp3) is 0.250. The molecule has 0 unspecified atom stereocenters. The number of aromatic nitrogens is 1. The molecule has 4 nitrogen and oxygen atoms in total. The van der Waals surface area contributed by atoms with Gasteiger partial charge in [0.1, 0.15) is 5.69 Å². The zero-order valence-electron chi connectivity index (χ0n) is 11.7.